The zero-order chi connectivity index (χ0) is 22.6. The summed E-state index contributed by atoms with van der Waals surface area (Å²) in [4.78, 5) is 9.38. The van der Waals surface area contributed by atoms with E-state index < -0.39 is 0 Å². The highest BCUT2D eigenvalue weighted by Crippen LogP contribution is 2.27. The van der Waals surface area contributed by atoms with Crippen LogP contribution in [-0.2, 0) is 6.54 Å². The van der Waals surface area contributed by atoms with Crippen LogP contribution in [0.3, 0.4) is 0 Å². The molecule has 1 saturated heterocycles. The van der Waals surface area contributed by atoms with Gasteiger partial charge in [-0.15, -0.1) is 0 Å². The number of aliphatic imine (C=N–C) groups is 1. The van der Waals surface area contributed by atoms with E-state index in [1.807, 2.05) is 18.2 Å². The van der Waals surface area contributed by atoms with E-state index in [-0.39, 0.29) is 0 Å². The number of piperazine rings is 1. The lowest BCUT2D eigenvalue weighted by Gasteiger charge is -2.36. The van der Waals surface area contributed by atoms with Gasteiger partial charge in [-0.05, 0) is 49.2 Å². The van der Waals surface area contributed by atoms with Crippen molar-refractivity contribution in [3.05, 3.63) is 54.1 Å². The molecule has 0 radical (unpaired) electrons. The van der Waals surface area contributed by atoms with Crippen LogP contribution in [0.2, 0.25) is 0 Å². The second-order valence-corrected chi connectivity index (χ2v) is 7.91. The summed E-state index contributed by atoms with van der Waals surface area (Å²) in [5.74, 6) is 2.29. The number of hydrogen-bond donors (Lipinski definition) is 2. The Kier molecular flexibility index (Phi) is 9.50. The van der Waals surface area contributed by atoms with Gasteiger partial charge in [-0.2, -0.15) is 0 Å². The van der Waals surface area contributed by atoms with E-state index in [4.69, 9.17) is 9.47 Å². The van der Waals surface area contributed by atoms with E-state index in [0.29, 0.717) is 6.54 Å². The van der Waals surface area contributed by atoms with Crippen LogP contribution in [-0.4, -0.2) is 71.4 Å². The van der Waals surface area contributed by atoms with Gasteiger partial charge in [0.15, 0.2) is 17.5 Å². The standard InChI is InChI=1S/C25H37N5O2/c1-26-25(28-20-21-11-12-23(31-2)24(19-21)32-3)27-13-7-8-14-29-15-17-30(18-16-29)22-9-5-4-6-10-22/h4-6,9-12,19H,7-8,13-18,20H2,1-3H3,(H2,26,27,28). The summed E-state index contributed by atoms with van der Waals surface area (Å²) in [7, 11) is 5.10. The van der Waals surface area contributed by atoms with Crippen molar-refractivity contribution in [2.24, 2.45) is 4.99 Å². The molecule has 1 aliphatic rings. The monoisotopic (exact) mass is 439 g/mol. The number of hydrogen-bond acceptors (Lipinski definition) is 5. The first-order valence-corrected chi connectivity index (χ1v) is 11.4. The Morgan fingerprint density at radius 1 is 0.906 bits per heavy atom. The average molecular weight is 440 g/mol. The number of nitrogens with one attached hydrogen (secondary N) is 2. The smallest absolute Gasteiger partial charge is 0.191 e. The lowest BCUT2D eigenvalue weighted by atomic mass is 10.2. The summed E-state index contributed by atoms with van der Waals surface area (Å²) < 4.78 is 10.7. The largest absolute Gasteiger partial charge is 0.493 e. The van der Waals surface area contributed by atoms with E-state index in [1.54, 1.807) is 21.3 Å². The molecule has 32 heavy (non-hydrogen) atoms. The van der Waals surface area contributed by atoms with Gasteiger partial charge in [-0.1, -0.05) is 24.3 Å². The zero-order valence-corrected chi connectivity index (χ0v) is 19.6. The number of anilines is 1. The first kappa shape index (κ1) is 23.7. The summed E-state index contributed by atoms with van der Waals surface area (Å²) in [5, 5.41) is 6.78. The Bertz CT molecular complexity index is 835. The molecule has 0 bridgehead atoms. The highest BCUT2D eigenvalue weighted by molar-refractivity contribution is 5.79. The predicted octanol–water partition coefficient (Wildman–Crippen LogP) is 2.97. The van der Waals surface area contributed by atoms with Crippen molar-refractivity contribution >= 4 is 11.6 Å². The second-order valence-electron chi connectivity index (χ2n) is 7.91. The van der Waals surface area contributed by atoms with Crippen LogP contribution in [0, 0.1) is 0 Å². The number of methoxy groups -OCH3 is 2. The molecule has 1 aliphatic heterocycles. The van der Waals surface area contributed by atoms with Crippen LogP contribution < -0.4 is 25.0 Å². The molecule has 2 aromatic carbocycles. The van der Waals surface area contributed by atoms with E-state index >= 15 is 0 Å². The fraction of sp³-hybridized carbons (Fsp3) is 0.480. The lowest BCUT2D eigenvalue weighted by Crippen LogP contribution is -2.46. The van der Waals surface area contributed by atoms with E-state index in [9.17, 15) is 0 Å². The molecule has 0 saturated carbocycles. The normalized spacial score (nSPS) is 14.8. The van der Waals surface area contributed by atoms with Crippen LogP contribution in [0.15, 0.2) is 53.5 Å². The van der Waals surface area contributed by atoms with Gasteiger partial charge in [0, 0.05) is 52.0 Å². The Balaban J connectivity index is 1.29. The van der Waals surface area contributed by atoms with E-state index in [1.165, 1.54) is 12.1 Å². The highest BCUT2D eigenvalue weighted by Gasteiger charge is 2.16. The van der Waals surface area contributed by atoms with E-state index in [0.717, 1.165) is 68.7 Å². The molecular weight excluding hydrogens is 402 g/mol. The third kappa shape index (κ3) is 7.05. The quantitative estimate of drug-likeness (QED) is 0.337. The van der Waals surface area contributed by atoms with E-state index in [2.05, 4.69) is 55.8 Å². The van der Waals surface area contributed by atoms with Crippen LogP contribution >= 0.6 is 0 Å². The minimum absolute atomic E-state index is 0.672. The summed E-state index contributed by atoms with van der Waals surface area (Å²) in [6, 6.07) is 16.6. The summed E-state index contributed by atoms with van der Waals surface area (Å²) >= 11 is 0. The Labute approximate surface area is 192 Å². The molecule has 2 aromatic rings. The number of nitrogens with zero attached hydrogens (tertiary/aromatic N) is 3. The average Bonchev–Trinajstić information content (AvgIpc) is 2.86. The molecule has 2 N–H and O–H groups in total. The fourth-order valence-corrected chi connectivity index (χ4v) is 3.93. The SMILES string of the molecule is CN=C(NCCCCN1CCN(c2ccccc2)CC1)NCc1ccc(OC)c(OC)c1. The van der Waals surface area contributed by atoms with Gasteiger partial charge in [0.25, 0.3) is 0 Å². The molecule has 0 spiro atoms. The van der Waals surface area contributed by atoms with Crippen LogP contribution in [0.4, 0.5) is 5.69 Å². The summed E-state index contributed by atoms with van der Waals surface area (Å²) in [5.41, 5.74) is 2.45. The molecule has 0 aromatic heterocycles. The Morgan fingerprint density at radius 2 is 1.66 bits per heavy atom. The maximum absolute atomic E-state index is 5.37. The third-order valence-electron chi connectivity index (χ3n) is 5.82. The highest BCUT2D eigenvalue weighted by atomic mass is 16.5. The number of rotatable bonds is 10. The van der Waals surface area contributed by atoms with Gasteiger partial charge in [0.1, 0.15) is 0 Å². The second kappa shape index (κ2) is 12.8. The third-order valence-corrected chi connectivity index (χ3v) is 5.82. The molecule has 0 aliphatic carbocycles. The Morgan fingerprint density at radius 3 is 2.34 bits per heavy atom. The molecular formula is C25H37N5O2. The maximum atomic E-state index is 5.37. The van der Waals surface area contributed by atoms with Gasteiger partial charge >= 0.3 is 0 Å². The minimum atomic E-state index is 0.672. The first-order valence-electron chi connectivity index (χ1n) is 11.4. The van der Waals surface area contributed by atoms with Gasteiger partial charge in [0.2, 0.25) is 0 Å². The van der Waals surface area contributed by atoms with Crippen molar-refractivity contribution in [2.45, 2.75) is 19.4 Å². The number of para-hydroxylation sites is 1. The van der Waals surface area contributed by atoms with Crippen molar-refractivity contribution in [3.63, 3.8) is 0 Å². The fourth-order valence-electron chi connectivity index (χ4n) is 3.93. The maximum Gasteiger partial charge on any atom is 0.191 e. The van der Waals surface area contributed by atoms with Gasteiger partial charge in [-0.3, -0.25) is 9.89 Å². The van der Waals surface area contributed by atoms with Crippen molar-refractivity contribution < 1.29 is 9.47 Å². The molecule has 1 fully saturated rings. The van der Waals surface area contributed by atoms with Crippen LogP contribution in [0.25, 0.3) is 0 Å². The number of ether oxygens (including phenoxy) is 2. The molecule has 0 atom stereocenters. The minimum Gasteiger partial charge on any atom is -0.493 e. The van der Waals surface area contributed by atoms with Crippen molar-refractivity contribution in [2.75, 3.05) is 65.4 Å². The Hall–Kier alpha value is -2.93. The van der Waals surface area contributed by atoms with Crippen molar-refractivity contribution in [3.8, 4) is 11.5 Å². The van der Waals surface area contributed by atoms with Crippen LogP contribution in [0.1, 0.15) is 18.4 Å². The molecule has 1 heterocycles. The number of guanidine groups is 1. The zero-order valence-electron chi connectivity index (χ0n) is 19.6. The molecule has 3 rings (SSSR count). The van der Waals surface area contributed by atoms with Gasteiger partial charge in [0.05, 0.1) is 14.2 Å². The summed E-state index contributed by atoms with van der Waals surface area (Å²) in [6.07, 6.45) is 2.31. The number of benzene rings is 2. The molecule has 7 nitrogen and oxygen atoms in total. The number of unbranched alkanes of at least 4 members (excludes halogenated alkanes) is 1. The summed E-state index contributed by atoms with van der Waals surface area (Å²) in [6.45, 7) is 7.22. The molecule has 0 unspecified atom stereocenters. The molecule has 7 heteroatoms. The topological polar surface area (TPSA) is 61.4 Å². The first-order chi connectivity index (χ1) is 15.7. The molecule has 174 valence electrons. The van der Waals surface area contributed by atoms with Crippen molar-refractivity contribution in [1.82, 2.24) is 15.5 Å². The molecule has 0 amide bonds. The van der Waals surface area contributed by atoms with Gasteiger partial charge in [-0.25, -0.2) is 0 Å². The van der Waals surface area contributed by atoms with Gasteiger partial charge < -0.3 is 25.0 Å². The van der Waals surface area contributed by atoms with Crippen LogP contribution in [0.5, 0.6) is 11.5 Å². The predicted molar refractivity (Wildman–Crippen MR) is 132 cm³/mol. The van der Waals surface area contributed by atoms with Crippen molar-refractivity contribution in [1.29, 1.82) is 0 Å². The lowest BCUT2D eigenvalue weighted by molar-refractivity contribution is 0.253.